The summed E-state index contributed by atoms with van der Waals surface area (Å²) < 4.78 is 18.7. The lowest BCUT2D eigenvalue weighted by molar-refractivity contribution is 0.167. The van der Waals surface area contributed by atoms with Crippen LogP contribution in [-0.4, -0.2) is 6.61 Å². The number of rotatable bonds is 3. The van der Waals surface area contributed by atoms with E-state index >= 15 is 0 Å². The van der Waals surface area contributed by atoms with Crippen LogP contribution < -0.4 is 11.3 Å². The van der Waals surface area contributed by atoms with Crippen molar-refractivity contribution >= 4 is 0 Å². The summed E-state index contributed by atoms with van der Waals surface area (Å²) in [5, 5.41) is 0. The number of nitrogens with two attached hydrogens (primary N) is 1. The van der Waals surface area contributed by atoms with E-state index in [1.807, 2.05) is 13.0 Å². The lowest BCUT2D eigenvalue weighted by Crippen LogP contribution is -2.31. The molecule has 0 fully saturated rings. The van der Waals surface area contributed by atoms with E-state index in [2.05, 4.69) is 5.43 Å². The third-order valence-corrected chi connectivity index (χ3v) is 2.96. The maximum absolute atomic E-state index is 13.1. The second-order valence-electron chi connectivity index (χ2n) is 4.20. The molecule has 0 spiro atoms. The van der Waals surface area contributed by atoms with Gasteiger partial charge in [0.05, 0.1) is 6.61 Å². The number of nitrogens with one attached hydrogen (secondary N) is 1. The zero-order chi connectivity index (χ0) is 12.3. The summed E-state index contributed by atoms with van der Waals surface area (Å²) >= 11 is 0. The molecule has 1 aliphatic heterocycles. The first-order valence-corrected chi connectivity index (χ1v) is 5.77. The van der Waals surface area contributed by atoms with Crippen LogP contribution in [0.4, 0.5) is 4.39 Å². The Morgan fingerprint density at radius 1 is 1.47 bits per heavy atom. The predicted molar refractivity (Wildman–Crippen MR) is 64.5 cm³/mol. The molecule has 1 atom stereocenters. The van der Waals surface area contributed by atoms with Crippen LogP contribution in [0.1, 0.15) is 30.0 Å². The molecule has 92 valence electrons. The molecule has 17 heavy (non-hydrogen) atoms. The molecular weight excluding hydrogens is 219 g/mol. The van der Waals surface area contributed by atoms with E-state index in [-0.39, 0.29) is 11.9 Å². The molecule has 0 radical (unpaired) electrons. The quantitative estimate of drug-likeness (QED) is 0.625. The van der Waals surface area contributed by atoms with Crippen molar-refractivity contribution in [1.29, 1.82) is 0 Å². The lowest BCUT2D eigenvalue weighted by Gasteiger charge is -2.24. The molecule has 3 N–H and O–H groups in total. The Kier molecular flexibility index (Phi) is 3.76. The fourth-order valence-corrected chi connectivity index (χ4v) is 2.07. The fourth-order valence-electron chi connectivity index (χ4n) is 2.07. The van der Waals surface area contributed by atoms with Gasteiger partial charge in [0.15, 0.2) is 0 Å². The number of allylic oxidation sites excluding steroid dienone is 1. The second kappa shape index (κ2) is 5.29. The molecule has 0 amide bonds. The third kappa shape index (κ3) is 2.65. The van der Waals surface area contributed by atoms with Crippen molar-refractivity contribution in [2.45, 2.75) is 25.8 Å². The lowest BCUT2D eigenvalue weighted by atomic mass is 9.98. The molecular formula is C13H17FN2O. The van der Waals surface area contributed by atoms with Crippen molar-refractivity contribution in [2.24, 2.45) is 5.84 Å². The van der Waals surface area contributed by atoms with Gasteiger partial charge in [0.1, 0.15) is 17.6 Å². The maximum Gasteiger partial charge on any atom is 0.123 e. The van der Waals surface area contributed by atoms with Crippen molar-refractivity contribution in [3.05, 3.63) is 47.0 Å². The van der Waals surface area contributed by atoms with E-state index in [4.69, 9.17) is 10.6 Å². The summed E-state index contributed by atoms with van der Waals surface area (Å²) in [6.07, 6.45) is 4.06. The van der Waals surface area contributed by atoms with E-state index in [0.29, 0.717) is 6.61 Å². The van der Waals surface area contributed by atoms with Gasteiger partial charge >= 0.3 is 0 Å². The molecule has 1 heterocycles. The Morgan fingerprint density at radius 3 is 2.88 bits per heavy atom. The molecule has 1 aliphatic rings. The van der Waals surface area contributed by atoms with Gasteiger partial charge in [0.2, 0.25) is 0 Å². The normalized spacial score (nSPS) is 17.2. The van der Waals surface area contributed by atoms with Gasteiger partial charge in [-0.15, -0.1) is 0 Å². The van der Waals surface area contributed by atoms with Crippen molar-refractivity contribution < 1.29 is 9.13 Å². The van der Waals surface area contributed by atoms with Gasteiger partial charge < -0.3 is 4.74 Å². The van der Waals surface area contributed by atoms with E-state index in [9.17, 15) is 4.39 Å². The summed E-state index contributed by atoms with van der Waals surface area (Å²) in [4.78, 5) is 0. The Labute approximate surface area is 100 Å². The highest BCUT2D eigenvalue weighted by atomic mass is 19.1. The van der Waals surface area contributed by atoms with Gasteiger partial charge in [-0.2, -0.15) is 0 Å². The van der Waals surface area contributed by atoms with Gasteiger partial charge in [-0.25, -0.2) is 9.82 Å². The zero-order valence-electron chi connectivity index (χ0n) is 9.87. The Bertz CT molecular complexity index is 431. The monoisotopic (exact) mass is 236 g/mol. The topological polar surface area (TPSA) is 47.3 Å². The first-order chi connectivity index (χ1) is 8.22. The van der Waals surface area contributed by atoms with E-state index < -0.39 is 0 Å². The summed E-state index contributed by atoms with van der Waals surface area (Å²) in [6, 6.07) is 4.49. The molecule has 0 saturated heterocycles. The first kappa shape index (κ1) is 12.1. The molecule has 1 unspecified atom stereocenters. The Morgan fingerprint density at radius 2 is 2.29 bits per heavy atom. The van der Waals surface area contributed by atoms with Crippen LogP contribution >= 0.6 is 0 Å². The summed E-state index contributed by atoms with van der Waals surface area (Å²) in [6.45, 7) is 2.58. The highest BCUT2D eigenvalue weighted by Crippen LogP contribution is 2.27. The third-order valence-electron chi connectivity index (χ3n) is 2.96. The molecule has 0 aromatic heterocycles. The maximum atomic E-state index is 13.1. The number of aryl methyl sites for hydroxylation is 1. The minimum atomic E-state index is -0.236. The standard InChI is InChI=1S/C13H17FN2O/c1-9-8-10(14)5-6-11(9)13(16-15)12-4-2-3-7-17-12/h4-6,8,13,16H,2-3,7,15H2,1H3. The fraction of sp³-hybridized carbons (Fsp3) is 0.385. The SMILES string of the molecule is Cc1cc(F)ccc1C(NN)C1=CCCCO1. The smallest absolute Gasteiger partial charge is 0.123 e. The number of hydrazine groups is 1. The van der Waals surface area contributed by atoms with E-state index in [1.165, 1.54) is 12.1 Å². The van der Waals surface area contributed by atoms with Crippen LogP contribution in [0.15, 0.2) is 30.0 Å². The number of hydrogen-bond donors (Lipinski definition) is 2. The van der Waals surface area contributed by atoms with Crippen molar-refractivity contribution in [3.63, 3.8) is 0 Å². The van der Waals surface area contributed by atoms with E-state index in [0.717, 1.165) is 29.7 Å². The highest BCUT2D eigenvalue weighted by molar-refractivity contribution is 5.33. The van der Waals surface area contributed by atoms with Crippen molar-refractivity contribution in [3.8, 4) is 0 Å². The van der Waals surface area contributed by atoms with Crippen LogP contribution in [0.5, 0.6) is 0 Å². The van der Waals surface area contributed by atoms with Gasteiger partial charge in [0.25, 0.3) is 0 Å². The van der Waals surface area contributed by atoms with Crippen LogP contribution in [0, 0.1) is 12.7 Å². The Hall–Kier alpha value is -1.39. The first-order valence-electron chi connectivity index (χ1n) is 5.77. The summed E-state index contributed by atoms with van der Waals surface area (Å²) in [5.74, 6) is 6.17. The summed E-state index contributed by atoms with van der Waals surface area (Å²) in [7, 11) is 0. The van der Waals surface area contributed by atoms with Crippen molar-refractivity contribution in [2.75, 3.05) is 6.61 Å². The zero-order valence-corrected chi connectivity index (χ0v) is 9.87. The minimum Gasteiger partial charge on any atom is -0.496 e. The molecule has 1 aromatic rings. The second-order valence-corrected chi connectivity index (χ2v) is 4.20. The molecule has 2 rings (SSSR count). The van der Waals surface area contributed by atoms with Gasteiger partial charge in [-0.05, 0) is 49.1 Å². The highest BCUT2D eigenvalue weighted by Gasteiger charge is 2.20. The van der Waals surface area contributed by atoms with Crippen molar-refractivity contribution in [1.82, 2.24) is 5.43 Å². The number of benzene rings is 1. The van der Waals surface area contributed by atoms with Gasteiger partial charge in [0, 0.05) is 0 Å². The Balaban J connectivity index is 2.31. The molecule has 1 aromatic carbocycles. The predicted octanol–water partition coefficient (Wildman–Crippen LogP) is 2.33. The largest absolute Gasteiger partial charge is 0.496 e. The number of hydrogen-bond acceptors (Lipinski definition) is 3. The minimum absolute atomic E-state index is 0.198. The molecule has 4 heteroatoms. The summed E-state index contributed by atoms with van der Waals surface area (Å²) in [5.41, 5.74) is 4.54. The van der Waals surface area contributed by atoms with Gasteiger partial charge in [-0.1, -0.05) is 6.07 Å². The molecule has 0 aliphatic carbocycles. The van der Waals surface area contributed by atoms with Crippen LogP contribution in [0.3, 0.4) is 0 Å². The molecule has 3 nitrogen and oxygen atoms in total. The number of halogens is 1. The number of ether oxygens (including phenoxy) is 1. The van der Waals surface area contributed by atoms with Gasteiger partial charge in [-0.3, -0.25) is 5.84 Å². The molecule has 0 saturated carbocycles. The van der Waals surface area contributed by atoms with Crippen LogP contribution in [0.2, 0.25) is 0 Å². The molecule has 0 bridgehead atoms. The van der Waals surface area contributed by atoms with Crippen LogP contribution in [-0.2, 0) is 4.74 Å². The van der Waals surface area contributed by atoms with Crippen LogP contribution in [0.25, 0.3) is 0 Å². The van der Waals surface area contributed by atoms with E-state index in [1.54, 1.807) is 6.07 Å². The average Bonchev–Trinajstić information content (AvgIpc) is 2.34. The average molecular weight is 236 g/mol.